The van der Waals surface area contributed by atoms with Crippen LogP contribution in [0.1, 0.15) is 26.7 Å². The topological polar surface area (TPSA) is 127 Å². The number of rotatable bonds is 2. The summed E-state index contributed by atoms with van der Waals surface area (Å²) in [5.41, 5.74) is -0.0319. The Balaban J connectivity index is 0.000000190. The van der Waals surface area contributed by atoms with Crippen molar-refractivity contribution in [2.75, 3.05) is 0 Å². The monoisotopic (exact) mass is 634 g/mol. The second-order valence-corrected chi connectivity index (χ2v) is 10.4. The summed E-state index contributed by atoms with van der Waals surface area (Å²) in [6.45, 7) is 4.61. The number of phenols is 2. The van der Waals surface area contributed by atoms with E-state index < -0.39 is 9.85 Å². The molecule has 6 rings (SSSR count). The van der Waals surface area contributed by atoms with Gasteiger partial charge in [-0.15, -0.1) is 24.0 Å². The Hall–Kier alpha value is -3.32. The Morgan fingerprint density at radius 3 is 1.24 bits per heavy atom. The van der Waals surface area contributed by atoms with E-state index in [1.165, 1.54) is 61.4 Å². The van der Waals surface area contributed by atoms with E-state index in [0.717, 1.165) is 35.5 Å². The number of aromatic hydroxyl groups is 2. The smallest absolute Gasteiger partial charge is 0.508 e. The molecule has 8 nitrogen and oxygen atoms in total. The van der Waals surface area contributed by atoms with Gasteiger partial charge in [-0.25, -0.2) is 0 Å². The summed E-state index contributed by atoms with van der Waals surface area (Å²) in [5, 5.41) is 37.5. The van der Waals surface area contributed by atoms with Crippen molar-refractivity contribution < 1.29 is 46.3 Å². The minimum atomic E-state index is -0.514. The molecule has 0 radical (unpaired) electrons. The van der Waals surface area contributed by atoms with Crippen LogP contribution in [0.15, 0.2) is 97.1 Å². The second kappa shape index (κ2) is 16.8. The van der Waals surface area contributed by atoms with Crippen molar-refractivity contribution in [3.8, 4) is 11.5 Å². The molecule has 2 aromatic rings. The molecule has 2 aromatic carbocycles. The fourth-order valence-corrected chi connectivity index (χ4v) is 5.15. The number of hydrogen-bond donors (Lipinski definition) is 2. The van der Waals surface area contributed by atoms with Crippen molar-refractivity contribution >= 4 is 11.4 Å². The molecule has 0 spiro atoms. The Morgan fingerprint density at radius 2 is 0.951 bits per heavy atom. The first-order valence-corrected chi connectivity index (χ1v) is 13.4. The van der Waals surface area contributed by atoms with Crippen LogP contribution >= 0.6 is 0 Å². The van der Waals surface area contributed by atoms with Crippen molar-refractivity contribution in [1.82, 2.24) is 0 Å². The van der Waals surface area contributed by atoms with Gasteiger partial charge in [0.2, 0.25) is 0 Å². The molecule has 214 valence electrons. The first kappa shape index (κ1) is 33.9. The van der Waals surface area contributed by atoms with Crippen molar-refractivity contribution in [1.29, 1.82) is 0 Å². The zero-order chi connectivity index (χ0) is 29.1. The number of nitrogens with zero attached hydrogens (tertiary/aromatic N) is 2. The van der Waals surface area contributed by atoms with Crippen LogP contribution < -0.4 is 0 Å². The molecule has 4 aliphatic rings. The first-order valence-electron chi connectivity index (χ1n) is 13.4. The molecule has 0 heterocycles. The maximum atomic E-state index is 10.0. The number of nitro groups is 2. The quantitative estimate of drug-likeness (QED) is 0.197. The largest absolute Gasteiger partial charge is 2.00 e. The van der Waals surface area contributed by atoms with Crippen molar-refractivity contribution in [3.05, 3.63) is 130 Å². The summed E-state index contributed by atoms with van der Waals surface area (Å²) in [4.78, 5) is 19.0. The SMILES string of the molecule is CC1[CH-]C2C=CC=CC2C1.CC1[CH-]C2C=CC=CC2C1.O=[N+]([O-])c1ccc(O)cc1.O=[N+]([O-])c1ccc(O)cc1.[Zr+2]. The predicted molar refractivity (Wildman–Crippen MR) is 156 cm³/mol. The summed E-state index contributed by atoms with van der Waals surface area (Å²) >= 11 is 0. The van der Waals surface area contributed by atoms with Gasteiger partial charge in [0.1, 0.15) is 11.5 Å². The average Bonchev–Trinajstić information content (AvgIpc) is 3.50. The molecule has 0 amide bonds. The van der Waals surface area contributed by atoms with Crippen LogP contribution in [0.4, 0.5) is 11.4 Å². The molecular formula is C32H36N2O6Zr. The standard InChI is InChI=1S/2C10H13.2C6H5NO3.Zr/c2*1-8-6-9-4-2-3-5-10(9)7-8;2*8-6-3-1-5(2-4-6)7(9)10;/h2*2-6,8-10H,7H2,1H3;2*1-4,8H;/q2*-1;;;+2. The number of phenolic OH excluding ortho intramolecular Hbond substituents is 2. The summed E-state index contributed by atoms with van der Waals surface area (Å²) in [7, 11) is 0. The van der Waals surface area contributed by atoms with Crippen LogP contribution in [0.25, 0.3) is 0 Å². The summed E-state index contributed by atoms with van der Waals surface area (Å²) in [6, 6.07) is 10.1. The van der Waals surface area contributed by atoms with Crippen molar-refractivity contribution in [2.45, 2.75) is 26.7 Å². The molecule has 0 aliphatic heterocycles. The zero-order valence-corrected chi connectivity index (χ0v) is 25.7. The minimum Gasteiger partial charge on any atom is -0.508 e. The third-order valence-corrected chi connectivity index (χ3v) is 7.10. The van der Waals surface area contributed by atoms with E-state index in [9.17, 15) is 20.2 Å². The van der Waals surface area contributed by atoms with Gasteiger partial charge in [0.25, 0.3) is 11.4 Å². The van der Waals surface area contributed by atoms with Gasteiger partial charge >= 0.3 is 26.2 Å². The summed E-state index contributed by atoms with van der Waals surface area (Å²) < 4.78 is 0. The Kier molecular flexibility index (Phi) is 13.9. The number of benzene rings is 2. The Labute approximate surface area is 260 Å². The van der Waals surface area contributed by atoms with Gasteiger partial charge < -0.3 is 23.1 Å². The molecule has 2 fully saturated rings. The first-order chi connectivity index (χ1) is 19.1. The fourth-order valence-electron chi connectivity index (χ4n) is 5.15. The van der Waals surface area contributed by atoms with Gasteiger partial charge in [0.05, 0.1) is 9.85 Å². The Bertz CT molecular complexity index is 1100. The molecule has 0 saturated heterocycles. The molecule has 0 aromatic heterocycles. The summed E-state index contributed by atoms with van der Waals surface area (Å²) in [5.74, 6) is 4.85. The van der Waals surface area contributed by atoms with E-state index in [0.29, 0.717) is 0 Å². The van der Waals surface area contributed by atoms with Crippen LogP contribution in [-0.2, 0) is 26.2 Å². The molecule has 9 heteroatoms. The zero-order valence-electron chi connectivity index (χ0n) is 23.2. The van der Waals surface area contributed by atoms with E-state index >= 15 is 0 Å². The van der Waals surface area contributed by atoms with E-state index in [2.05, 4.69) is 75.3 Å². The number of non-ortho nitro benzene ring substituents is 2. The number of hydrogen-bond acceptors (Lipinski definition) is 6. The number of fused-ring (bicyclic) bond motifs is 2. The van der Waals surface area contributed by atoms with Crippen LogP contribution in [0.5, 0.6) is 11.5 Å². The molecular weight excluding hydrogens is 600 g/mol. The molecule has 0 bridgehead atoms. The van der Waals surface area contributed by atoms with Gasteiger partial charge in [-0.3, -0.25) is 20.2 Å². The number of allylic oxidation sites excluding steroid dienone is 8. The van der Waals surface area contributed by atoms with Crippen LogP contribution in [0.2, 0.25) is 0 Å². The molecule has 4 aliphatic carbocycles. The van der Waals surface area contributed by atoms with E-state index in [1.807, 2.05) is 0 Å². The second-order valence-electron chi connectivity index (χ2n) is 10.4. The third-order valence-electron chi connectivity index (χ3n) is 7.10. The molecule has 6 atom stereocenters. The number of nitro benzene ring substituents is 2. The normalized spacial score (nSPS) is 25.9. The van der Waals surface area contributed by atoms with Crippen LogP contribution in [-0.4, -0.2) is 20.1 Å². The molecule has 6 unspecified atom stereocenters. The van der Waals surface area contributed by atoms with Gasteiger partial charge in [-0.1, -0.05) is 63.1 Å². The molecule has 2 saturated carbocycles. The van der Waals surface area contributed by atoms with Crippen molar-refractivity contribution in [3.63, 3.8) is 0 Å². The fraction of sp³-hybridized carbons (Fsp3) is 0.312. The summed E-state index contributed by atoms with van der Waals surface area (Å²) in [6.07, 6.45) is 25.6. The predicted octanol–water partition coefficient (Wildman–Crippen LogP) is 7.78. The van der Waals surface area contributed by atoms with E-state index in [1.54, 1.807) is 0 Å². The van der Waals surface area contributed by atoms with Crippen molar-refractivity contribution in [2.24, 2.45) is 35.5 Å². The van der Waals surface area contributed by atoms with Gasteiger partial charge in [0.15, 0.2) is 0 Å². The van der Waals surface area contributed by atoms with E-state index in [-0.39, 0.29) is 49.1 Å². The minimum absolute atomic E-state index is 0. The van der Waals surface area contributed by atoms with Crippen LogP contribution in [0, 0.1) is 68.6 Å². The Morgan fingerprint density at radius 1 is 0.634 bits per heavy atom. The average molecular weight is 636 g/mol. The van der Waals surface area contributed by atoms with Crippen LogP contribution in [0.3, 0.4) is 0 Å². The molecule has 41 heavy (non-hydrogen) atoms. The van der Waals surface area contributed by atoms with Gasteiger partial charge in [-0.05, 0) is 36.1 Å². The third kappa shape index (κ3) is 11.2. The maximum absolute atomic E-state index is 10.0. The van der Waals surface area contributed by atoms with Gasteiger partial charge in [0, 0.05) is 24.3 Å². The van der Waals surface area contributed by atoms with Gasteiger partial charge in [-0.2, -0.15) is 11.8 Å². The maximum Gasteiger partial charge on any atom is 2.00 e. The van der Waals surface area contributed by atoms with E-state index in [4.69, 9.17) is 10.2 Å². The molecule has 2 N–H and O–H groups in total.